The second-order valence-corrected chi connectivity index (χ2v) is 6.82. The molecule has 0 radical (unpaired) electrons. The first-order valence-electron chi connectivity index (χ1n) is 8.80. The van der Waals surface area contributed by atoms with Crippen LogP contribution in [0.3, 0.4) is 0 Å². The maximum absolute atomic E-state index is 12.6. The van der Waals surface area contributed by atoms with E-state index in [1.165, 1.54) is 6.42 Å². The van der Waals surface area contributed by atoms with Crippen LogP contribution in [0.15, 0.2) is 29.1 Å². The van der Waals surface area contributed by atoms with Crippen molar-refractivity contribution in [1.82, 2.24) is 14.5 Å². The van der Waals surface area contributed by atoms with Crippen molar-refractivity contribution >= 4 is 16.8 Å². The smallest absolute Gasteiger partial charge is 0.261 e. The number of hydrogen-bond acceptors (Lipinski definition) is 3. The lowest BCUT2D eigenvalue weighted by Gasteiger charge is -2.31. The van der Waals surface area contributed by atoms with Gasteiger partial charge in [0, 0.05) is 26.1 Å². The number of hydrogen-bond donors (Lipinski definition) is 0. The van der Waals surface area contributed by atoms with Crippen LogP contribution in [0, 0.1) is 12.8 Å². The zero-order valence-electron chi connectivity index (χ0n) is 14.5. The van der Waals surface area contributed by atoms with Crippen LogP contribution < -0.4 is 5.56 Å². The van der Waals surface area contributed by atoms with E-state index in [-0.39, 0.29) is 11.5 Å². The molecule has 0 unspecified atom stereocenters. The van der Waals surface area contributed by atoms with Gasteiger partial charge in [-0.15, -0.1) is 0 Å². The standard InChI is InChI=1S/C19H25N3O2/c1-14-7-5-11-21(13-14)18(23)10-6-12-22-15(2)20-17-9-4-3-8-16(17)19(22)24/h3-4,8-9,14H,5-7,10-13H2,1-2H3/t14-/m1/s1. The van der Waals surface area contributed by atoms with E-state index in [4.69, 9.17) is 0 Å². The molecule has 1 aliphatic rings. The highest BCUT2D eigenvalue weighted by Gasteiger charge is 2.20. The summed E-state index contributed by atoms with van der Waals surface area (Å²) in [6.07, 6.45) is 3.47. The Kier molecular flexibility index (Phi) is 4.97. The maximum Gasteiger partial charge on any atom is 0.261 e. The zero-order valence-corrected chi connectivity index (χ0v) is 14.5. The summed E-state index contributed by atoms with van der Waals surface area (Å²) in [7, 11) is 0. The molecule has 0 N–H and O–H groups in total. The molecule has 1 aromatic carbocycles. The van der Waals surface area contributed by atoms with Gasteiger partial charge < -0.3 is 4.90 Å². The van der Waals surface area contributed by atoms with Crippen molar-refractivity contribution in [3.05, 3.63) is 40.4 Å². The number of aryl methyl sites for hydroxylation is 1. The van der Waals surface area contributed by atoms with E-state index in [0.717, 1.165) is 25.0 Å². The van der Waals surface area contributed by atoms with Crippen LogP contribution in [-0.4, -0.2) is 33.4 Å². The van der Waals surface area contributed by atoms with Crippen molar-refractivity contribution in [2.45, 2.75) is 46.1 Å². The largest absolute Gasteiger partial charge is 0.342 e. The Morgan fingerprint density at radius 1 is 1.33 bits per heavy atom. The molecule has 2 heterocycles. The molecule has 0 saturated carbocycles. The highest BCUT2D eigenvalue weighted by molar-refractivity contribution is 5.77. The number of aromatic nitrogens is 2. The highest BCUT2D eigenvalue weighted by Crippen LogP contribution is 2.16. The molecule has 5 heteroatoms. The summed E-state index contributed by atoms with van der Waals surface area (Å²) >= 11 is 0. The number of nitrogens with zero attached hydrogens (tertiary/aromatic N) is 3. The van der Waals surface area contributed by atoms with Gasteiger partial charge >= 0.3 is 0 Å². The summed E-state index contributed by atoms with van der Waals surface area (Å²) in [4.78, 5) is 31.4. The van der Waals surface area contributed by atoms with Gasteiger partial charge in [-0.25, -0.2) is 4.98 Å². The molecule has 5 nitrogen and oxygen atoms in total. The number of amides is 1. The van der Waals surface area contributed by atoms with Gasteiger partial charge in [0.05, 0.1) is 10.9 Å². The van der Waals surface area contributed by atoms with Crippen molar-refractivity contribution in [2.24, 2.45) is 5.92 Å². The minimum atomic E-state index is -0.0165. The van der Waals surface area contributed by atoms with Gasteiger partial charge in [-0.05, 0) is 44.2 Å². The molecule has 0 aliphatic carbocycles. The molecular formula is C19H25N3O2. The van der Waals surface area contributed by atoms with E-state index in [1.54, 1.807) is 10.6 Å². The lowest BCUT2D eigenvalue weighted by molar-refractivity contribution is -0.133. The van der Waals surface area contributed by atoms with Gasteiger partial charge in [-0.1, -0.05) is 19.1 Å². The molecule has 1 fully saturated rings. The van der Waals surface area contributed by atoms with E-state index < -0.39 is 0 Å². The van der Waals surface area contributed by atoms with Crippen LogP contribution in [0.25, 0.3) is 10.9 Å². The van der Waals surface area contributed by atoms with Crippen molar-refractivity contribution in [3.8, 4) is 0 Å². The van der Waals surface area contributed by atoms with Gasteiger partial charge in [-0.3, -0.25) is 14.2 Å². The van der Waals surface area contributed by atoms with Crippen LogP contribution in [0.2, 0.25) is 0 Å². The lowest BCUT2D eigenvalue weighted by atomic mass is 10.00. The van der Waals surface area contributed by atoms with Gasteiger partial charge in [-0.2, -0.15) is 0 Å². The average Bonchev–Trinajstić information content (AvgIpc) is 2.57. The van der Waals surface area contributed by atoms with E-state index in [2.05, 4.69) is 11.9 Å². The fraction of sp³-hybridized carbons (Fsp3) is 0.526. The third kappa shape index (κ3) is 3.50. The monoisotopic (exact) mass is 327 g/mol. The summed E-state index contributed by atoms with van der Waals surface area (Å²) in [5.74, 6) is 1.51. The number of fused-ring (bicyclic) bond motifs is 1. The summed E-state index contributed by atoms with van der Waals surface area (Å²) in [5, 5.41) is 0.638. The molecule has 0 bridgehead atoms. The number of piperidine rings is 1. The minimum absolute atomic E-state index is 0.0165. The Morgan fingerprint density at radius 2 is 2.12 bits per heavy atom. The Balaban J connectivity index is 1.65. The van der Waals surface area contributed by atoms with Crippen molar-refractivity contribution in [2.75, 3.05) is 13.1 Å². The normalized spacial score (nSPS) is 18.1. The second-order valence-electron chi connectivity index (χ2n) is 6.82. The van der Waals surface area contributed by atoms with Crippen LogP contribution in [-0.2, 0) is 11.3 Å². The van der Waals surface area contributed by atoms with Crippen LogP contribution >= 0.6 is 0 Å². The number of rotatable bonds is 4. The molecule has 24 heavy (non-hydrogen) atoms. The summed E-state index contributed by atoms with van der Waals surface area (Å²) < 4.78 is 1.69. The van der Waals surface area contributed by atoms with Gasteiger partial charge in [0.1, 0.15) is 5.82 Å². The highest BCUT2D eigenvalue weighted by atomic mass is 16.2. The fourth-order valence-corrected chi connectivity index (χ4v) is 3.50. The first kappa shape index (κ1) is 16.7. The van der Waals surface area contributed by atoms with Gasteiger partial charge in [0.15, 0.2) is 0 Å². The van der Waals surface area contributed by atoms with E-state index >= 15 is 0 Å². The molecule has 1 aliphatic heterocycles. The van der Waals surface area contributed by atoms with Crippen LogP contribution in [0.1, 0.15) is 38.4 Å². The van der Waals surface area contributed by atoms with Crippen LogP contribution in [0.4, 0.5) is 0 Å². The first-order valence-corrected chi connectivity index (χ1v) is 8.80. The summed E-state index contributed by atoms with van der Waals surface area (Å²) in [5.41, 5.74) is 0.715. The minimum Gasteiger partial charge on any atom is -0.342 e. The third-order valence-corrected chi connectivity index (χ3v) is 4.83. The first-order chi connectivity index (χ1) is 11.6. The van der Waals surface area contributed by atoms with E-state index in [9.17, 15) is 9.59 Å². The predicted molar refractivity (Wildman–Crippen MR) is 95.0 cm³/mol. The van der Waals surface area contributed by atoms with Gasteiger partial charge in [0.25, 0.3) is 5.56 Å². The predicted octanol–water partition coefficient (Wildman–Crippen LogP) is 2.74. The van der Waals surface area contributed by atoms with Gasteiger partial charge in [0.2, 0.25) is 5.91 Å². The number of para-hydroxylation sites is 1. The quantitative estimate of drug-likeness (QED) is 0.867. The molecule has 0 spiro atoms. The molecule has 1 aromatic heterocycles. The molecule has 128 valence electrons. The van der Waals surface area contributed by atoms with E-state index in [0.29, 0.717) is 36.5 Å². The van der Waals surface area contributed by atoms with Crippen LogP contribution in [0.5, 0.6) is 0 Å². The topological polar surface area (TPSA) is 55.2 Å². The fourth-order valence-electron chi connectivity index (χ4n) is 3.50. The SMILES string of the molecule is Cc1nc2ccccc2c(=O)n1CCCC(=O)N1CCC[C@@H](C)C1. The zero-order chi connectivity index (χ0) is 17.1. The average molecular weight is 327 g/mol. The Labute approximate surface area is 142 Å². The molecule has 1 saturated heterocycles. The number of carbonyl (C=O) groups is 1. The maximum atomic E-state index is 12.6. The Hall–Kier alpha value is -2.17. The number of carbonyl (C=O) groups excluding carboxylic acids is 1. The third-order valence-electron chi connectivity index (χ3n) is 4.83. The lowest BCUT2D eigenvalue weighted by Crippen LogP contribution is -2.39. The Bertz CT molecular complexity index is 797. The number of benzene rings is 1. The Morgan fingerprint density at radius 3 is 2.92 bits per heavy atom. The molecule has 2 aromatic rings. The van der Waals surface area contributed by atoms with E-state index in [1.807, 2.05) is 30.0 Å². The second kappa shape index (κ2) is 7.16. The molecule has 3 rings (SSSR count). The van der Waals surface area contributed by atoms with Crippen molar-refractivity contribution in [1.29, 1.82) is 0 Å². The van der Waals surface area contributed by atoms with Crippen molar-refractivity contribution in [3.63, 3.8) is 0 Å². The van der Waals surface area contributed by atoms with Crippen molar-refractivity contribution < 1.29 is 4.79 Å². The summed E-state index contributed by atoms with van der Waals surface area (Å²) in [6.45, 7) is 6.33. The molecular weight excluding hydrogens is 302 g/mol. The molecule has 1 atom stereocenters. The molecule has 1 amide bonds. The summed E-state index contributed by atoms with van der Waals surface area (Å²) in [6, 6.07) is 7.40. The number of likely N-dealkylation sites (tertiary alicyclic amines) is 1.